The van der Waals surface area contributed by atoms with Crippen LogP contribution in [-0.2, 0) is 4.74 Å². The van der Waals surface area contributed by atoms with Gasteiger partial charge in [-0.15, -0.1) is 11.8 Å². The lowest BCUT2D eigenvalue weighted by Crippen LogP contribution is -2.36. The first-order chi connectivity index (χ1) is 7.86. The molecule has 0 saturated carbocycles. The van der Waals surface area contributed by atoms with Crippen LogP contribution in [0.25, 0.3) is 0 Å². The van der Waals surface area contributed by atoms with E-state index in [0.717, 1.165) is 42.4 Å². The van der Waals surface area contributed by atoms with Gasteiger partial charge in [-0.2, -0.15) is 5.26 Å². The fourth-order valence-electron chi connectivity index (χ4n) is 1.87. The summed E-state index contributed by atoms with van der Waals surface area (Å²) in [6.07, 6.45) is 2.00. The normalized spacial score (nSPS) is 15.9. The van der Waals surface area contributed by atoms with Crippen molar-refractivity contribution < 1.29 is 4.74 Å². The van der Waals surface area contributed by atoms with Gasteiger partial charge < -0.3 is 9.64 Å². The second kappa shape index (κ2) is 5.24. The number of thioether (sulfide) groups is 1. The molecule has 0 aromatic heterocycles. The van der Waals surface area contributed by atoms with Gasteiger partial charge in [0.25, 0.3) is 0 Å². The van der Waals surface area contributed by atoms with Crippen LogP contribution in [0.15, 0.2) is 23.1 Å². The van der Waals surface area contributed by atoms with Crippen molar-refractivity contribution in [3.63, 3.8) is 0 Å². The van der Waals surface area contributed by atoms with Crippen LogP contribution < -0.4 is 4.90 Å². The number of anilines is 1. The molecule has 0 atom stereocenters. The molecule has 0 bridgehead atoms. The Morgan fingerprint density at radius 3 is 2.75 bits per heavy atom. The molecule has 1 aromatic rings. The Hall–Kier alpha value is -1.18. The Morgan fingerprint density at radius 1 is 1.38 bits per heavy atom. The second-order valence-electron chi connectivity index (χ2n) is 3.57. The quantitative estimate of drug-likeness (QED) is 0.734. The molecule has 1 heterocycles. The van der Waals surface area contributed by atoms with E-state index in [1.807, 2.05) is 24.5 Å². The summed E-state index contributed by atoms with van der Waals surface area (Å²) in [7, 11) is 0. The van der Waals surface area contributed by atoms with Crippen LogP contribution in [0.5, 0.6) is 0 Å². The van der Waals surface area contributed by atoms with Crippen LogP contribution >= 0.6 is 11.8 Å². The van der Waals surface area contributed by atoms with Gasteiger partial charge in [0.15, 0.2) is 0 Å². The molecule has 1 aliphatic rings. The zero-order valence-corrected chi connectivity index (χ0v) is 10.1. The van der Waals surface area contributed by atoms with Gasteiger partial charge in [-0.05, 0) is 18.4 Å². The standard InChI is InChI=1S/C12H14N2OS/c1-16-12-4-2-3-11(10(12)9-13)14-5-7-15-8-6-14/h2-4H,5-8H2,1H3. The Bertz CT molecular complexity index is 408. The Balaban J connectivity index is 2.35. The van der Waals surface area contributed by atoms with Crippen molar-refractivity contribution >= 4 is 17.4 Å². The van der Waals surface area contributed by atoms with Gasteiger partial charge in [-0.25, -0.2) is 0 Å². The number of hydrogen-bond donors (Lipinski definition) is 0. The summed E-state index contributed by atoms with van der Waals surface area (Å²) in [6.45, 7) is 3.22. The van der Waals surface area contributed by atoms with Crippen molar-refractivity contribution in [2.45, 2.75) is 4.90 Å². The first kappa shape index (κ1) is 11.3. The zero-order valence-electron chi connectivity index (χ0n) is 9.27. The summed E-state index contributed by atoms with van der Waals surface area (Å²) < 4.78 is 5.32. The van der Waals surface area contributed by atoms with Gasteiger partial charge >= 0.3 is 0 Å². The number of nitriles is 1. The number of morpholine rings is 1. The highest BCUT2D eigenvalue weighted by molar-refractivity contribution is 7.98. The predicted octanol–water partition coefficient (Wildman–Crippen LogP) is 2.12. The molecule has 4 heteroatoms. The average molecular weight is 234 g/mol. The fourth-order valence-corrected chi connectivity index (χ4v) is 2.44. The minimum absolute atomic E-state index is 0.744. The van der Waals surface area contributed by atoms with E-state index < -0.39 is 0 Å². The number of benzene rings is 1. The molecule has 0 unspecified atom stereocenters. The van der Waals surface area contributed by atoms with Crippen LogP contribution in [0.3, 0.4) is 0 Å². The van der Waals surface area contributed by atoms with E-state index in [2.05, 4.69) is 11.0 Å². The predicted molar refractivity (Wildman–Crippen MR) is 66.0 cm³/mol. The van der Waals surface area contributed by atoms with Crippen LogP contribution in [0.2, 0.25) is 0 Å². The third kappa shape index (κ3) is 2.16. The molecular weight excluding hydrogens is 220 g/mol. The molecule has 1 aliphatic heterocycles. The second-order valence-corrected chi connectivity index (χ2v) is 4.41. The summed E-state index contributed by atoms with van der Waals surface area (Å²) >= 11 is 1.62. The smallest absolute Gasteiger partial charge is 0.103 e. The molecule has 0 amide bonds. The van der Waals surface area contributed by atoms with E-state index in [1.54, 1.807) is 11.8 Å². The fraction of sp³-hybridized carbons (Fsp3) is 0.417. The molecular formula is C12H14N2OS. The van der Waals surface area contributed by atoms with E-state index in [-0.39, 0.29) is 0 Å². The number of nitrogens with zero attached hydrogens (tertiary/aromatic N) is 2. The number of rotatable bonds is 2. The molecule has 2 rings (SSSR count). The molecule has 3 nitrogen and oxygen atoms in total. The Kier molecular flexibility index (Phi) is 3.70. The summed E-state index contributed by atoms with van der Waals surface area (Å²) in [4.78, 5) is 3.27. The van der Waals surface area contributed by atoms with Crippen molar-refractivity contribution in [3.8, 4) is 6.07 Å². The van der Waals surface area contributed by atoms with E-state index >= 15 is 0 Å². The van der Waals surface area contributed by atoms with Gasteiger partial charge in [0.2, 0.25) is 0 Å². The molecule has 0 aliphatic carbocycles. The molecule has 1 aromatic carbocycles. The van der Waals surface area contributed by atoms with Crippen molar-refractivity contribution in [2.75, 3.05) is 37.5 Å². The minimum atomic E-state index is 0.744. The lowest BCUT2D eigenvalue weighted by molar-refractivity contribution is 0.122. The summed E-state index contributed by atoms with van der Waals surface area (Å²) in [5, 5.41) is 9.24. The highest BCUT2D eigenvalue weighted by atomic mass is 32.2. The van der Waals surface area contributed by atoms with Crippen LogP contribution in [-0.4, -0.2) is 32.6 Å². The molecule has 16 heavy (non-hydrogen) atoms. The molecule has 1 saturated heterocycles. The van der Waals surface area contributed by atoms with E-state index in [0.29, 0.717) is 0 Å². The van der Waals surface area contributed by atoms with Gasteiger partial charge in [-0.1, -0.05) is 6.07 Å². The average Bonchev–Trinajstić information content (AvgIpc) is 2.38. The monoisotopic (exact) mass is 234 g/mol. The minimum Gasteiger partial charge on any atom is -0.378 e. The van der Waals surface area contributed by atoms with Crippen molar-refractivity contribution in [3.05, 3.63) is 23.8 Å². The van der Waals surface area contributed by atoms with Crippen LogP contribution in [0.4, 0.5) is 5.69 Å². The molecule has 0 spiro atoms. The molecule has 0 N–H and O–H groups in total. The lowest BCUT2D eigenvalue weighted by atomic mass is 10.1. The number of hydrogen-bond acceptors (Lipinski definition) is 4. The van der Waals surface area contributed by atoms with Crippen molar-refractivity contribution in [1.82, 2.24) is 0 Å². The topological polar surface area (TPSA) is 36.3 Å². The summed E-state index contributed by atoms with van der Waals surface area (Å²) in [5.74, 6) is 0. The maximum Gasteiger partial charge on any atom is 0.103 e. The van der Waals surface area contributed by atoms with Gasteiger partial charge in [0.05, 0.1) is 24.5 Å². The Labute approximate surface area is 100 Å². The highest BCUT2D eigenvalue weighted by Crippen LogP contribution is 2.29. The third-order valence-corrected chi connectivity index (χ3v) is 3.47. The van der Waals surface area contributed by atoms with Gasteiger partial charge in [0, 0.05) is 18.0 Å². The maximum atomic E-state index is 9.24. The van der Waals surface area contributed by atoms with E-state index in [1.165, 1.54) is 0 Å². The molecule has 84 valence electrons. The van der Waals surface area contributed by atoms with E-state index in [9.17, 15) is 5.26 Å². The van der Waals surface area contributed by atoms with Crippen LogP contribution in [0, 0.1) is 11.3 Å². The Morgan fingerprint density at radius 2 is 2.12 bits per heavy atom. The van der Waals surface area contributed by atoms with Gasteiger partial charge in [-0.3, -0.25) is 0 Å². The van der Waals surface area contributed by atoms with Crippen molar-refractivity contribution in [2.24, 2.45) is 0 Å². The molecule has 1 fully saturated rings. The highest BCUT2D eigenvalue weighted by Gasteiger charge is 2.16. The summed E-state index contributed by atoms with van der Waals surface area (Å²) in [5.41, 5.74) is 1.83. The summed E-state index contributed by atoms with van der Waals surface area (Å²) in [6, 6.07) is 8.33. The zero-order chi connectivity index (χ0) is 11.4. The van der Waals surface area contributed by atoms with Crippen molar-refractivity contribution in [1.29, 1.82) is 5.26 Å². The SMILES string of the molecule is CSc1cccc(N2CCOCC2)c1C#N. The van der Waals surface area contributed by atoms with Gasteiger partial charge in [0.1, 0.15) is 6.07 Å². The first-order valence-electron chi connectivity index (χ1n) is 5.26. The first-order valence-corrected chi connectivity index (χ1v) is 6.49. The largest absolute Gasteiger partial charge is 0.378 e. The maximum absolute atomic E-state index is 9.24. The van der Waals surface area contributed by atoms with E-state index in [4.69, 9.17) is 4.74 Å². The number of ether oxygens (including phenoxy) is 1. The lowest BCUT2D eigenvalue weighted by Gasteiger charge is -2.29. The van der Waals surface area contributed by atoms with Crippen LogP contribution in [0.1, 0.15) is 5.56 Å². The molecule has 0 radical (unpaired) electrons. The third-order valence-electron chi connectivity index (χ3n) is 2.69.